The third-order valence-electron chi connectivity index (χ3n) is 2.01. The van der Waals surface area contributed by atoms with Gasteiger partial charge in [0, 0.05) is 18.8 Å². The molecule has 0 radical (unpaired) electrons. The Kier molecular flexibility index (Phi) is 2.80. The predicted molar refractivity (Wildman–Crippen MR) is 59.9 cm³/mol. The standard InChI is InChI=1S/C10H14N6/c1-7(2)5-8-13-9(11)15-10(14-8)16-4-3-12-6-16/h3-4,6-7H,5H2,1-2H3,(H2,11,13,14,15). The lowest BCUT2D eigenvalue weighted by Crippen LogP contribution is -2.10. The van der Waals surface area contributed by atoms with Crippen LogP contribution in [0.25, 0.3) is 5.95 Å². The molecule has 0 aliphatic rings. The van der Waals surface area contributed by atoms with E-state index in [-0.39, 0.29) is 5.95 Å². The van der Waals surface area contributed by atoms with Crippen LogP contribution in [0.1, 0.15) is 19.7 Å². The number of nitrogens with two attached hydrogens (primary N) is 1. The molecule has 0 unspecified atom stereocenters. The Morgan fingerprint density at radius 3 is 2.75 bits per heavy atom. The first kappa shape index (κ1) is 10.5. The Morgan fingerprint density at radius 2 is 2.12 bits per heavy atom. The monoisotopic (exact) mass is 218 g/mol. The van der Waals surface area contributed by atoms with Gasteiger partial charge in [-0.15, -0.1) is 0 Å². The van der Waals surface area contributed by atoms with E-state index in [1.54, 1.807) is 23.3 Å². The van der Waals surface area contributed by atoms with Gasteiger partial charge in [0.15, 0.2) is 0 Å². The van der Waals surface area contributed by atoms with Crippen molar-refractivity contribution in [3.05, 3.63) is 24.5 Å². The number of hydrogen-bond donors (Lipinski definition) is 1. The highest BCUT2D eigenvalue weighted by atomic mass is 15.2. The number of rotatable bonds is 3. The fourth-order valence-corrected chi connectivity index (χ4v) is 1.37. The zero-order valence-electron chi connectivity index (χ0n) is 9.33. The fraction of sp³-hybridized carbons (Fsp3) is 0.400. The predicted octanol–water partition coefficient (Wildman–Crippen LogP) is 0.838. The van der Waals surface area contributed by atoms with E-state index in [1.165, 1.54) is 0 Å². The van der Waals surface area contributed by atoms with E-state index in [0.717, 1.165) is 6.42 Å². The molecule has 2 rings (SSSR count). The first-order valence-electron chi connectivity index (χ1n) is 5.14. The zero-order valence-corrected chi connectivity index (χ0v) is 9.33. The number of anilines is 1. The van der Waals surface area contributed by atoms with Crippen LogP contribution in [0, 0.1) is 5.92 Å². The highest BCUT2D eigenvalue weighted by Crippen LogP contribution is 2.07. The lowest BCUT2D eigenvalue weighted by Gasteiger charge is -2.06. The van der Waals surface area contributed by atoms with Gasteiger partial charge in [-0.2, -0.15) is 15.0 Å². The summed E-state index contributed by atoms with van der Waals surface area (Å²) in [6, 6.07) is 0. The Hall–Kier alpha value is -1.98. The number of hydrogen-bond acceptors (Lipinski definition) is 5. The van der Waals surface area contributed by atoms with Gasteiger partial charge in [-0.25, -0.2) is 4.98 Å². The molecule has 6 nitrogen and oxygen atoms in total. The second kappa shape index (κ2) is 4.26. The number of nitrogens with zero attached hydrogens (tertiary/aromatic N) is 5. The minimum Gasteiger partial charge on any atom is -0.368 e. The van der Waals surface area contributed by atoms with Crippen molar-refractivity contribution in [1.82, 2.24) is 24.5 Å². The minimum absolute atomic E-state index is 0.245. The van der Waals surface area contributed by atoms with Crippen LogP contribution in [-0.4, -0.2) is 24.5 Å². The second-order valence-electron chi connectivity index (χ2n) is 3.98. The molecule has 6 heteroatoms. The van der Waals surface area contributed by atoms with Crippen molar-refractivity contribution in [3.63, 3.8) is 0 Å². The van der Waals surface area contributed by atoms with Gasteiger partial charge in [0.25, 0.3) is 0 Å². The summed E-state index contributed by atoms with van der Waals surface area (Å²) in [6.45, 7) is 4.22. The van der Waals surface area contributed by atoms with E-state index >= 15 is 0 Å². The van der Waals surface area contributed by atoms with Crippen molar-refractivity contribution >= 4 is 5.95 Å². The minimum atomic E-state index is 0.245. The number of imidazole rings is 1. The van der Waals surface area contributed by atoms with Gasteiger partial charge in [0.1, 0.15) is 12.2 Å². The first-order valence-corrected chi connectivity index (χ1v) is 5.14. The van der Waals surface area contributed by atoms with E-state index in [1.807, 2.05) is 0 Å². The van der Waals surface area contributed by atoms with E-state index in [9.17, 15) is 0 Å². The Labute approximate surface area is 93.6 Å². The van der Waals surface area contributed by atoms with Crippen molar-refractivity contribution < 1.29 is 0 Å². The summed E-state index contributed by atoms with van der Waals surface area (Å²) in [4.78, 5) is 16.4. The van der Waals surface area contributed by atoms with Gasteiger partial charge in [0.2, 0.25) is 11.9 Å². The molecule has 0 amide bonds. The van der Waals surface area contributed by atoms with E-state index < -0.39 is 0 Å². The summed E-state index contributed by atoms with van der Waals surface area (Å²) >= 11 is 0. The van der Waals surface area contributed by atoms with Crippen molar-refractivity contribution in [3.8, 4) is 5.95 Å². The van der Waals surface area contributed by atoms with Gasteiger partial charge in [-0.1, -0.05) is 13.8 Å². The molecule has 2 N–H and O–H groups in total. The number of nitrogen functional groups attached to an aromatic ring is 1. The second-order valence-corrected chi connectivity index (χ2v) is 3.98. The maximum Gasteiger partial charge on any atom is 0.239 e. The van der Waals surface area contributed by atoms with Gasteiger partial charge < -0.3 is 5.73 Å². The SMILES string of the molecule is CC(C)Cc1nc(N)nc(-n2ccnc2)n1. The quantitative estimate of drug-likeness (QED) is 0.825. The molecule has 2 aromatic rings. The average Bonchev–Trinajstić information content (AvgIpc) is 2.67. The van der Waals surface area contributed by atoms with Crippen molar-refractivity contribution in [2.24, 2.45) is 5.92 Å². The molecule has 0 aliphatic carbocycles. The van der Waals surface area contributed by atoms with Crippen LogP contribution >= 0.6 is 0 Å². The molecule has 0 bridgehead atoms. The third kappa shape index (κ3) is 2.33. The molecule has 0 saturated heterocycles. The van der Waals surface area contributed by atoms with Crippen molar-refractivity contribution in [2.75, 3.05) is 5.73 Å². The number of aromatic nitrogens is 5. The average molecular weight is 218 g/mol. The molecule has 16 heavy (non-hydrogen) atoms. The summed E-state index contributed by atoms with van der Waals surface area (Å²) in [5.41, 5.74) is 5.65. The normalized spacial score (nSPS) is 10.9. The molecule has 2 aromatic heterocycles. The molecule has 0 aromatic carbocycles. The summed E-state index contributed by atoms with van der Waals surface area (Å²) in [7, 11) is 0. The largest absolute Gasteiger partial charge is 0.368 e. The van der Waals surface area contributed by atoms with Crippen LogP contribution in [-0.2, 0) is 6.42 Å². The molecular formula is C10H14N6. The van der Waals surface area contributed by atoms with Crippen molar-refractivity contribution in [1.29, 1.82) is 0 Å². The topological polar surface area (TPSA) is 82.5 Å². The summed E-state index contributed by atoms with van der Waals surface area (Å²) < 4.78 is 1.71. The lowest BCUT2D eigenvalue weighted by atomic mass is 10.1. The van der Waals surface area contributed by atoms with Crippen LogP contribution in [0.15, 0.2) is 18.7 Å². The molecule has 0 fully saturated rings. The molecular weight excluding hydrogens is 204 g/mol. The van der Waals surface area contributed by atoms with Crippen LogP contribution in [0.5, 0.6) is 0 Å². The zero-order chi connectivity index (χ0) is 11.5. The molecule has 0 saturated carbocycles. The maximum absolute atomic E-state index is 5.65. The summed E-state index contributed by atoms with van der Waals surface area (Å²) in [5, 5.41) is 0. The summed E-state index contributed by atoms with van der Waals surface area (Å²) in [6.07, 6.45) is 5.86. The van der Waals surface area contributed by atoms with E-state index in [2.05, 4.69) is 33.8 Å². The fourth-order valence-electron chi connectivity index (χ4n) is 1.37. The summed E-state index contributed by atoms with van der Waals surface area (Å²) in [5.74, 6) is 1.96. The molecule has 0 spiro atoms. The highest BCUT2D eigenvalue weighted by Gasteiger charge is 2.07. The third-order valence-corrected chi connectivity index (χ3v) is 2.01. The van der Waals surface area contributed by atoms with Crippen LogP contribution in [0.4, 0.5) is 5.95 Å². The van der Waals surface area contributed by atoms with Crippen LogP contribution in [0.3, 0.4) is 0 Å². The van der Waals surface area contributed by atoms with Gasteiger partial charge in [-0.05, 0) is 5.92 Å². The molecule has 0 aliphatic heterocycles. The van der Waals surface area contributed by atoms with Gasteiger partial charge in [0.05, 0.1) is 0 Å². The lowest BCUT2D eigenvalue weighted by molar-refractivity contribution is 0.616. The van der Waals surface area contributed by atoms with E-state index in [0.29, 0.717) is 17.7 Å². The Balaban J connectivity index is 2.36. The highest BCUT2D eigenvalue weighted by molar-refractivity contribution is 5.23. The molecule has 0 atom stereocenters. The Morgan fingerprint density at radius 1 is 1.31 bits per heavy atom. The Bertz CT molecular complexity index is 462. The van der Waals surface area contributed by atoms with Crippen LogP contribution < -0.4 is 5.73 Å². The molecule has 84 valence electrons. The smallest absolute Gasteiger partial charge is 0.239 e. The van der Waals surface area contributed by atoms with Crippen LogP contribution in [0.2, 0.25) is 0 Å². The van der Waals surface area contributed by atoms with Gasteiger partial charge >= 0.3 is 0 Å². The first-order chi connectivity index (χ1) is 7.65. The van der Waals surface area contributed by atoms with E-state index in [4.69, 9.17) is 5.73 Å². The van der Waals surface area contributed by atoms with Crippen molar-refractivity contribution in [2.45, 2.75) is 20.3 Å². The maximum atomic E-state index is 5.65. The molecule has 2 heterocycles. The van der Waals surface area contributed by atoms with Gasteiger partial charge in [-0.3, -0.25) is 4.57 Å².